The first-order valence-corrected chi connectivity index (χ1v) is 5.92. The molecule has 0 unspecified atom stereocenters. The summed E-state index contributed by atoms with van der Waals surface area (Å²) in [6.07, 6.45) is 0. The van der Waals surface area contributed by atoms with E-state index >= 15 is 0 Å². The van der Waals surface area contributed by atoms with Crippen molar-refractivity contribution >= 4 is 5.95 Å². The van der Waals surface area contributed by atoms with E-state index in [4.69, 9.17) is 5.84 Å². The molecular weight excluding hydrogens is 224 g/mol. The largest absolute Gasteiger partial charge is 0.292 e. The summed E-state index contributed by atoms with van der Waals surface area (Å²) in [6.45, 7) is 8.25. The molecule has 0 saturated carbocycles. The van der Waals surface area contributed by atoms with E-state index in [9.17, 15) is 0 Å². The molecule has 4 nitrogen and oxygen atoms in total. The van der Waals surface area contributed by atoms with Crippen LogP contribution in [0.4, 0.5) is 5.95 Å². The Morgan fingerprint density at radius 3 is 2.22 bits per heavy atom. The Labute approximate surface area is 107 Å². The highest BCUT2D eigenvalue weighted by molar-refractivity contribution is 5.66. The van der Waals surface area contributed by atoms with Crippen molar-refractivity contribution in [3.8, 4) is 11.3 Å². The maximum Gasteiger partial charge on any atom is 0.237 e. The van der Waals surface area contributed by atoms with Gasteiger partial charge in [-0.15, -0.1) is 0 Å². The quantitative estimate of drug-likeness (QED) is 0.627. The molecule has 0 saturated heterocycles. The van der Waals surface area contributed by atoms with Crippen LogP contribution in [0.15, 0.2) is 18.2 Å². The molecule has 4 heteroatoms. The zero-order valence-corrected chi connectivity index (χ0v) is 11.2. The minimum Gasteiger partial charge on any atom is -0.292 e. The van der Waals surface area contributed by atoms with Crippen LogP contribution < -0.4 is 11.3 Å². The number of hydrazine groups is 1. The van der Waals surface area contributed by atoms with Crippen LogP contribution in [-0.2, 0) is 0 Å². The zero-order chi connectivity index (χ0) is 13.3. The van der Waals surface area contributed by atoms with Gasteiger partial charge in [-0.05, 0) is 56.5 Å². The number of hydrogen-bond donors (Lipinski definition) is 2. The molecule has 0 amide bonds. The lowest BCUT2D eigenvalue weighted by Gasteiger charge is -2.11. The van der Waals surface area contributed by atoms with Gasteiger partial charge >= 0.3 is 0 Å². The van der Waals surface area contributed by atoms with Crippen LogP contribution in [-0.4, -0.2) is 9.97 Å². The number of benzene rings is 1. The van der Waals surface area contributed by atoms with E-state index in [1.165, 1.54) is 16.7 Å². The molecule has 0 aliphatic rings. The molecule has 0 radical (unpaired) electrons. The number of rotatable bonds is 2. The molecule has 0 spiro atoms. The van der Waals surface area contributed by atoms with Crippen LogP contribution in [0, 0.1) is 27.7 Å². The highest BCUT2D eigenvalue weighted by Gasteiger charge is 2.08. The van der Waals surface area contributed by atoms with Gasteiger partial charge in [0, 0.05) is 11.3 Å². The fourth-order valence-electron chi connectivity index (χ4n) is 2.01. The van der Waals surface area contributed by atoms with Crippen LogP contribution in [0.3, 0.4) is 0 Å². The molecular formula is C14H18N4. The van der Waals surface area contributed by atoms with Crippen molar-refractivity contribution in [1.29, 1.82) is 0 Å². The van der Waals surface area contributed by atoms with Gasteiger partial charge in [0.25, 0.3) is 0 Å². The number of hydrogen-bond acceptors (Lipinski definition) is 4. The van der Waals surface area contributed by atoms with Crippen molar-refractivity contribution in [3.63, 3.8) is 0 Å². The van der Waals surface area contributed by atoms with Crippen molar-refractivity contribution in [3.05, 3.63) is 40.6 Å². The predicted octanol–water partition coefficient (Wildman–Crippen LogP) is 2.66. The second kappa shape index (κ2) is 4.74. The third-order valence-electron chi connectivity index (χ3n) is 3.10. The van der Waals surface area contributed by atoms with Gasteiger partial charge in [-0.2, -0.15) is 0 Å². The fraction of sp³-hybridized carbons (Fsp3) is 0.286. The molecule has 2 aromatic rings. The van der Waals surface area contributed by atoms with Crippen molar-refractivity contribution in [1.82, 2.24) is 9.97 Å². The summed E-state index contributed by atoms with van der Waals surface area (Å²) in [5.41, 5.74) is 9.18. The summed E-state index contributed by atoms with van der Waals surface area (Å²) in [7, 11) is 0. The number of nitrogen functional groups attached to an aromatic ring is 1. The maximum atomic E-state index is 5.38. The number of nitrogens with zero attached hydrogens (tertiary/aromatic N) is 2. The SMILES string of the molecule is Cc1cc(-c2cc(C)c(C)cc2C)nc(NN)n1. The van der Waals surface area contributed by atoms with Crippen molar-refractivity contribution in [2.24, 2.45) is 5.84 Å². The van der Waals surface area contributed by atoms with Crippen LogP contribution in [0.2, 0.25) is 0 Å². The first kappa shape index (κ1) is 12.5. The van der Waals surface area contributed by atoms with Crippen molar-refractivity contribution in [2.75, 3.05) is 5.43 Å². The Morgan fingerprint density at radius 2 is 1.56 bits per heavy atom. The lowest BCUT2D eigenvalue weighted by atomic mass is 9.98. The molecule has 1 heterocycles. The van der Waals surface area contributed by atoms with E-state index in [-0.39, 0.29) is 0 Å². The molecule has 2 rings (SSSR count). The molecule has 18 heavy (non-hydrogen) atoms. The summed E-state index contributed by atoms with van der Waals surface area (Å²) in [5, 5.41) is 0. The Hall–Kier alpha value is -1.94. The van der Waals surface area contributed by atoms with Crippen molar-refractivity contribution < 1.29 is 0 Å². The third-order valence-corrected chi connectivity index (χ3v) is 3.10. The van der Waals surface area contributed by atoms with E-state index in [0.29, 0.717) is 5.95 Å². The van der Waals surface area contributed by atoms with E-state index in [1.54, 1.807) is 0 Å². The van der Waals surface area contributed by atoms with E-state index in [1.807, 2.05) is 13.0 Å². The molecule has 0 atom stereocenters. The minimum absolute atomic E-state index is 0.447. The van der Waals surface area contributed by atoms with Gasteiger partial charge in [0.1, 0.15) is 0 Å². The molecule has 0 aliphatic heterocycles. The monoisotopic (exact) mass is 242 g/mol. The number of aryl methyl sites for hydroxylation is 4. The van der Waals surface area contributed by atoms with Crippen molar-refractivity contribution in [2.45, 2.75) is 27.7 Å². The third kappa shape index (κ3) is 2.33. The van der Waals surface area contributed by atoms with Crippen LogP contribution >= 0.6 is 0 Å². The smallest absolute Gasteiger partial charge is 0.237 e. The van der Waals surface area contributed by atoms with E-state index in [0.717, 1.165) is 17.0 Å². The Bertz CT molecular complexity index is 591. The number of anilines is 1. The van der Waals surface area contributed by atoms with E-state index in [2.05, 4.69) is 48.3 Å². The Balaban J connectivity index is 2.61. The summed E-state index contributed by atoms with van der Waals surface area (Å²) in [4.78, 5) is 8.61. The number of nitrogens with two attached hydrogens (primary N) is 1. The predicted molar refractivity (Wildman–Crippen MR) is 74.2 cm³/mol. The second-order valence-corrected chi connectivity index (χ2v) is 4.61. The summed E-state index contributed by atoms with van der Waals surface area (Å²) in [6, 6.07) is 6.31. The van der Waals surface area contributed by atoms with Gasteiger partial charge in [0.05, 0.1) is 5.69 Å². The van der Waals surface area contributed by atoms with Gasteiger partial charge in [0.15, 0.2) is 0 Å². The first-order chi connectivity index (χ1) is 8.51. The molecule has 0 bridgehead atoms. The second-order valence-electron chi connectivity index (χ2n) is 4.61. The normalized spacial score (nSPS) is 10.5. The summed E-state index contributed by atoms with van der Waals surface area (Å²) in [5.74, 6) is 5.83. The molecule has 1 aromatic heterocycles. The average Bonchev–Trinajstić information content (AvgIpc) is 2.33. The molecule has 3 N–H and O–H groups in total. The minimum atomic E-state index is 0.447. The highest BCUT2D eigenvalue weighted by Crippen LogP contribution is 2.25. The molecule has 0 aliphatic carbocycles. The zero-order valence-electron chi connectivity index (χ0n) is 11.2. The van der Waals surface area contributed by atoms with Gasteiger partial charge in [-0.3, -0.25) is 5.43 Å². The van der Waals surface area contributed by atoms with Gasteiger partial charge in [-0.1, -0.05) is 6.07 Å². The molecule has 1 aromatic carbocycles. The van der Waals surface area contributed by atoms with Gasteiger partial charge < -0.3 is 0 Å². The Morgan fingerprint density at radius 1 is 0.889 bits per heavy atom. The lowest BCUT2D eigenvalue weighted by Crippen LogP contribution is -2.11. The molecule has 0 fully saturated rings. The van der Waals surface area contributed by atoms with Crippen LogP contribution in [0.5, 0.6) is 0 Å². The number of aromatic nitrogens is 2. The fourth-order valence-corrected chi connectivity index (χ4v) is 2.01. The summed E-state index contributed by atoms with van der Waals surface area (Å²) >= 11 is 0. The van der Waals surface area contributed by atoms with Crippen LogP contribution in [0.25, 0.3) is 11.3 Å². The topological polar surface area (TPSA) is 63.8 Å². The van der Waals surface area contributed by atoms with Gasteiger partial charge in [-0.25, -0.2) is 15.8 Å². The highest BCUT2D eigenvalue weighted by atomic mass is 15.3. The first-order valence-electron chi connectivity index (χ1n) is 5.92. The average molecular weight is 242 g/mol. The molecule has 94 valence electrons. The Kier molecular flexibility index (Phi) is 3.30. The standard InChI is InChI=1S/C14H18N4/c1-8-5-10(3)12(6-9(8)2)13-7-11(4)16-14(17-13)18-15/h5-7H,15H2,1-4H3,(H,16,17,18). The maximum absolute atomic E-state index is 5.38. The summed E-state index contributed by atoms with van der Waals surface area (Å²) < 4.78 is 0. The number of nitrogens with one attached hydrogen (secondary N) is 1. The van der Waals surface area contributed by atoms with Crippen LogP contribution in [0.1, 0.15) is 22.4 Å². The van der Waals surface area contributed by atoms with Gasteiger partial charge in [0.2, 0.25) is 5.95 Å². The lowest BCUT2D eigenvalue weighted by molar-refractivity contribution is 1.07. The van der Waals surface area contributed by atoms with E-state index < -0.39 is 0 Å².